The summed E-state index contributed by atoms with van der Waals surface area (Å²) in [6, 6.07) is 7.22. The van der Waals surface area contributed by atoms with E-state index in [-0.39, 0.29) is 36.2 Å². The number of piperidine rings is 1. The Morgan fingerprint density at radius 1 is 1.33 bits per heavy atom. The lowest BCUT2D eigenvalue weighted by Crippen LogP contribution is -2.51. The van der Waals surface area contributed by atoms with E-state index in [2.05, 4.69) is 17.6 Å². The zero-order valence-corrected chi connectivity index (χ0v) is 15.3. The lowest BCUT2D eigenvalue weighted by Gasteiger charge is -2.30. The number of amides is 1. The third-order valence-corrected chi connectivity index (χ3v) is 6.44. The highest BCUT2D eigenvalue weighted by atomic mass is 35.5. The van der Waals surface area contributed by atoms with Crippen LogP contribution in [-0.2, 0) is 10.0 Å². The number of halogens is 1. The van der Waals surface area contributed by atoms with Gasteiger partial charge in [-0.05, 0) is 50.9 Å². The topological polar surface area (TPSA) is 78.5 Å². The van der Waals surface area contributed by atoms with Gasteiger partial charge in [0.1, 0.15) is 0 Å². The largest absolute Gasteiger partial charge is 0.348 e. The SMILES string of the molecule is CC1NCCCC1NC(=O)c1cccc(N2CCCS2(=O)=O)c1.Cl. The van der Waals surface area contributed by atoms with Crippen molar-refractivity contribution in [2.24, 2.45) is 0 Å². The van der Waals surface area contributed by atoms with Crippen LogP contribution < -0.4 is 14.9 Å². The molecular formula is C16H24ClN3O3S. The van der Waals surface area contributed by atoms with Crippen molar-refractivity contribution >= 4 is 34.0 Å². The maximum absolute atomic E-state index is 12.5. The quantitative estimate of drug-likeness (QED) is 0.842. The predicted molar refractivity (Wildman–Crippen MR) is 97.4 cm³/mol. The second-order valence-corrected chi connectivity index (χ2v) is 8.27. The zero-order chi connectivity index (χ0) is 16.4. The van der Waals surface area contributed by atoms with Crippen LogP contribution in [0.5, 0.6) is 0 Å². The van der Waals surface area contributed by atoms with Crippen LogP contribution >= 0.6 is 12.4 Å². The van der Waals surface area contributed by atoms with Gasteiger partial charge in [-0.25, -0.2) is 8.42 Å². The molecule has 2 aliphatic heterocycles. The van der Waals surface area contributed by atoms with E-state index in [1.54, 1.807) is 24.3 Å². The molecule has 1 aromatic carbocycles. The van der Waals surface area contributed by atoms with Gasteiger partial charge < -0.3 is 10.6 Å². The molecule has 2 saturated heterocycles. The number of sulfonamides is 1. The summed E-state index contributed by atoms with van der Waals surface area (Å²) in [5, 5.41) is 6.41. The van der Waals surface area contributed by atoms with Crippen molar-refractivity contribution in [2.45, 2.75) is 38.3 Å². The van der Waals surface area contributed by atoms with E-state index in [1.807, 2.05) is 0 Å². The average Bonchev–Trinajstić information content (AvgIpc) is 2.89. The van der Waals surface area contributed by atoms with Gasteiger partial charge >= 0.3 is 0 Å². The summed E-state index contributed by atoms with van der Waals surface area (Å²) in [5.74, 6) is 0.0262. The van der Waals surface area contributed by atoms with Crippen LogP contribution in [-0.4, -0.2) is 45.3 Å². The summed E-state index contributed by atoms with van der Waals surface area (Å²) < 4.78 is 25.4. The van der Waals surface area contributed by atoms with Crippen LogP contribution in [0.2, 0.25) is 0 Å². The summed E-state index contributed by atoms with van der Waals surface area (Å²) in [6.45, 7) is 3.53. The van der Waals surface area contributed by atoms with E-state index in [1.165, 1.54) is 4.31 Å². The normalized spacial score (nSPS) is 25.8. The van der Waals surface area contributed by atoms with E-state index >= 15 is 0 Å². The fraction of sp³-hybridized carbons (Fsp3) is 0.562. The van der Waals surface area contributed by atoms with Crippen molar-refractivity contribution in [1.82, 2.24) is 10.6 Å². The fourth-order valence-electron chi connectivity index (χ4n) is 3.22. The number of anilines is 1. The van der Waals surface area contributed by atoms with E-state index in [9.17, 15) is 13.2 Å². The maximum Gasteiger partial charge on any atom is 0.251 e. The number of carbonyl (C=O) groups is 1. The fourth-order valence-corrected chi connectivity index (χ4v) is 4.78. The molecule has 3 rings (SSSR count). The summed E-state index contributed by atoms with van der Waals surface area (Å²) >= 11 is 0. The standard InChI is InChI=1S/C16H23N3O3S.ClH/c1-12-15(7-3-8-17-12)18-16(20)13-5-2-6-14(11-13)19-9-4-10-23(19,21)22;/h2,5-6,11-12,15,17H,3-4,7-10H2,1H3,(H,18,20);1H. The number of hydrogen-bond donors (Lipinski definition) is 2. The number of benzene rings is 1. The molecule has 2 unspecified atom stereocenters. The number of hydrogen-bond acceptors (Lipinski definition) is 4. The average molecular weight is 374 g/mol. The Morgan fingerprint density at radius 2 is 2.12 bits per heavy atom. The molecule has 0 saturated carbocycles. The number of carbonyl (C=O) groups excluding carboxylic acids is 1. The number of nitrogens with one attached hydrogen (secondary N) is 2. The van der Waals surface area contributed by atoms with Gasteiger partial charge in [-0.2, -0.15) is 0 Å². The van der Waals surface area contributed by atoms with E-state index in [0.29, 0.717) is 24.2 Å². The summed E-state index contributed by atoms with van der Waals surface area (Å²) in [7, 11) is -3.23. The second-order valence-electron chi connectivity index (χ2n) is 6.26. The Kier molecular flexibility index (Phi) is 6.11. The first-order chi connectivity index (χ1) is 11.0. The Balaban J connectivity index is 0.00000208. The first-order valence-corrected chi connectivity index (χ1v) is 9.73. The molecule has 0 spiro atoms. The molecule has 2 N–H and O–H groups in total. The number of rotatable bonds is 3. The second kappa shape index (κ2) is 7.72. The minimum absolute atomic E-state index is 0. The van der Waals surface area contributed by atoms with E-state index < -0.39 is 10.0 Å². The van der Waals surface area contributed by atoms with Crippen molar-refractivity contribution in [3.8, 4) is 0 Å². The molecule has 2 heterocycles. The minimum Gasteiger partial charge on any atom is -0.348 e. The van der Waals surface area contributed by atoms with Crippen molar-refractivity contribution in [1.29, 1.82) is 0 Å². The molecule has 8 heteroatoms. The summed E-state index contributed by atoms with van der Waals surface area (Å²) in [6.07, 6.45) is 2.63. The molecule has 2 aliphatic rings. The van der Waals surface area contributed by atoms with Crippen molar-refractivity contribution in [3.05, 3.63) is 29.8 Å². The van der Waals surface area contributed by atoms with Gasteiger partial charge in [-0.15, -0.1) is 12.4 Å². The lowest BCUT2D eigenvalue weighted by atomic mass is 9.99. The lowest BCUT2D eigenvalue weighted by molar-refractivity contribution is 0.0920. The van der Waals surface area contributed by atoms with Gasteiger partial charge in [0, 0.05) is 24.2 Å². The molecule has 134 valence electrons. The Labute approximate surface area is 149 Å². The maximum atomic E-state index is 12.5. The van der Waals surface area contributed by atoms with E-state index in [4.69, 9.17) is 0 Å². The van der Waals surface area contributed by atoms with Crippen molar-refractivity contribution in [2.75, 3.05) is 23.1 Å². The molecular weight excluding hydrogens is 350 g/mol. The molecule has 0 aromatic heterocycles. The molecule has 0 radical (unpaired) electrons. The Bertz CT molecular complexity index is 696. The third-order valence-electron chi connectivity index (χ3n) is 4.57. The highest BCUT2D eigenvalue weighted by Gasteiger charge is 2.29. The summed E-state index contributed by atoms with van der Waals surface area (Å²) in [5.41, 5.74) is 1.08. The number of nitrogens with zero attached hydrogens (tertiary/aromatic N) is 1. The van der Waals surface area contributed by atoms with Gasteiger partial charge in [0.05, 0.1) is 11.4 Å². The van der Waals surface area contributed by atoms with Gasteiger partial charge in [0.25, 0.3) is 5.91 Å². The third kappa shape index (κ3) is 4.02. The van der Waals surface area contributed by atoms with Crippen LogP contribution in [0, 0.1) is 0 Å². The van der Waals surface area contributed by atoms with Crippen molar-refractivity contribution in [3.63, 3.8) is 0 Å². The van der Waals surface area contributed by atoms with Crippen molar-refractivity contribution < 1.29 is 13.2 Å². The van der Waals surface area contributed by atoms with Crippen LogP contribution in [0.25, 0.3) is 0 Å². The minimum atomic E-state index is -3.23. The predicted octanol–water partition coefficient (Wildman–Crippen LogP) is 1.52. The molecule has 2 fully saturated rings. The van der Waals surface area contributed by atoms with Crippen LogP contribution in [0.4, 0.5) is 5.69 Å². The van der Waals surface area contributed by atoms with Gasteiger partial charge in [-0.3, -0.25) is 9.10 Å². The highest BCUT2D eigenvalue weighted by Crippen LogP contribution is 2.24. The zero-order valence-electron chi connectivity index (χ0n) is 13.7. The van der Waals surface area contributed by atoms with Gasteiger partial charge in [0.15, 0.2) is 0 Å². The van der Waals surface area contributed by atoms with Gasteiger partial charge in [-0.1, -0.05) is 6.07 Å². The molecule has 2 atom stereocenters. The monoisotopic (exact) mass is 373 g/mol. The summed E-state index contributed by atoms with van der Waals surface area (Å²) in [4.78, 5) is 12.5. The highest BCUT2D eigenvalue weighted by molar-refractivity contribution is 7.93. The molecule has 6 nitrogen and oxygen atoms in total. The van der Waals surface area contributed by atoms with Crippen LogP contribution in [0.15, 0.2) is 24.3 Å². The first-order valence-electron chi connectivity index (χ1n) is 8.12. The molecule has 1 aromatic rings. The molecule has 24 heavy (non-hydrogen) atoms. The van der Waals surface area contributed by atoms with E-state index in [0.717, 1.165) is 19.4 Å². The van der Waals surface area contributed by atoms with Crippen LogP contribution in [0.1, 0.15) is 36.5 Å². The molecule has 0 aliphatic carbocycles. The Hall–Kier alpha value is -1.31. The smallest absolute Gasteiger partial charge is 0.251 e. The molecule has 1 amide bonds. The Morgan fingerprint density at radius 3 is 2.79 bits per heavy atom. The van der Waals surface area contributed by atoms with Gasteiger partial charge in [0.2, 0.25) is 10.0 Å². The first kappa shape index (κ1) is 19.0. The molecule has 0 bridgehead atoms. The van der Waals surface area contributed by atoms with Crippen LogP contribution in [0.3, 0.4) is 0 Å².